The van der Waals surface area contributed by atoms with Crippen LogP contribution in [-0.4, -0.2) is 4.57 Å². The highest BCUT2D eigenvalue weighted by Gasteiger charge is 2.35. The minimum atomic E-state index is -0.0742. The molecule has 0 atom stereocenters. The average molecular weight is 881 g/mol. The molecule has 1 aromatic heterocycles. The number of nitrogens with zero attached hydrogens (tertiary/aromatic N) is 2. The van der Waals surface area contributed by atoms with E-state index >= 15 is 0 Å². The van der Waals surface area contributed by atoms with Crippen molar-refractivity contribution in [2.45, 2.75) is 19.3 Å². The Balaban J connectivity index is 1.00. The van der Waals surface area contributed by atoms with Crippen molar-refractivity contribution in [1.29, 1.82) is 0 Å². The number of hydrogen-bond acceptors (Lipinski definition) is 1. The molecule has 0 saturated heterocycles. The fraction of sp³-hybridized carbons (Fsp3) is 0.0448. The molecular weight excluding hydrogens is 833 g/mol. The van der Waals surface area contributed by atoms with Gasteiger partial charge in [-0.3, -0.25) is 0 Å². The maximum absolute atomic E-state index is 2.46. The number of benzene rings is 11. The smallest absolute Gasteiger partial charge is 0.0619 e. The van der Waals surface area contributed by atoms with E-state index in [1.165, 1.54) is 88.2 Å². The van der Waals surface area contributed by atoms with Crippen molar-refractivity contribution in [3.05, 3.63) is 266 Å². The highest BCUT2D eigenvalue weighted by atomic mass is 15.1. The van der Waals surface area contributed by atoms with Crippen LogP contribution in [0.1, 0.15) is 25.0 Å². The van der Waals surface area contributed by atoms with Gasteiger partial charge in [0.1, 0.15) is 0 Å². The van der Waals surface area contributed by atoms with Crippen molar-refractivity contribution in [1.82, 2.24) is 4.57 Å². The third-order valence-corrected chi connectivity index (χ3v) is 14.6. The van der Waals surface area contributed by atoms with E-state index in [0.717, 1.165) is 33.9 Å². The summed E-state index contributed by atoms with van der Waals surface area (Å²) in [7, 11) is 0. The molecular formula is C67H48N2. The molecule has 13 rings (SSSR count). The molecule has 1 aliphatic carbocycles. The molecule has 0 radical (unpaired) electrons. The van der Waals surface area contributed by atoms with Gasteiger partial charge in [0.2, 0.25) is 0 Å². The quantitative estimate of drug-likeness (QED) is 0.148. The molecule has 69 heavy (non-hydrogen) atoms. The summed E-state index contributed by atoms with van der Waals surface area (Å²) >= 11 is 0. The summed E-state index contributed by atoms with van der Waals surface area (Å²) in [6, 6.07) is 93.7. The molecule has 326 valence electrons. The molecule has 1 heterocycles. The van der Waals surface area contributed by atoms with Gasteiger partial charge in [-0.15, -0.1) is 0 Å². The number of hydrogen-bond donors (Lipinski definition) is 0. The molecule has 0 amide bonds. The van der Waals surface area contributed by atoms with E-state index in [1.807, 2.05) is 0 Å². The van der Waals surface area contributed by atoms with Gasteiger partial charge in [-0.1, -0.05) is 214 Å². The van der Waals surface area contributed by atoms with Gasteiger partial charge in [0.25, 0.3) is 0 Å². The molecule has 2 heteroatoms. The average Bonchev–Trinajstić information content (AvgIpc) is 3.87. The summed E-state index contributed by atoms with van der Waals surface area (Å²) in [5, 5.41) is 4.93. The van der Waals surface area contributed by atoms with Gasteiger partial charge in [0, 0.05) is 44.4 Å². The zero-order valence-electron chi connectivity index (χ0n) is 38.6. The van der Waals surface area contributed by atoms with Crippen LogP contribution in [0.2, 0.25) is 0 Å². The normalized spacial score (nSPS) is 12.6. The van der Waals surface area contributed by atoms with Crippen LogP contribution in [0, 0.1) is 0 Å². The van der Waals surface area contributed by atoms with Gasteiger partial charge in [0.15, 0.2) is 0 Å². The Morgan fingerprint density at radius 2 is 0.942 bits per heavy atom. The van der Waals surface area contributed by atoms with Crippen LogP contribution >= 0.6 is 0 Å². The Hall–Kier alpha value is -8.72. The van der Waals surface area contributed by atoms with Crippen molar-refractivity contribution in [3.8, 4) is 61.3 Å². The molecule has 0 spiro atoms. The lowest BCUT2D eigenvalue weighted by Crippen LogP contribution is -2.14. The van der Waals surface area contributed by atoms with E-state index in [1.54, 1.807) is 0 Å². The van der Waals surface area contributed by atoms with E-state index < -0.39 is 0 Å². The lowest BCUT2D eigenvalue weighted by molar-refractivity contribution is 0.660. The molecule has 0 N–H and O–H groups in total. The summed E-state index contributed by atoms with van der Waals surface area (Å²) in [6.07, 6.45) is 0. The fourth-order valence-electron chi connectivity index (χ4n) is 11.3. The van der Waals surface area contributed by atoms with E-state index in [0.29, 0.717) is 0 Å². The standard InChI is InChI=1S/C67H48N2/c1-67(2)61-34-12-9-27-55(61)56-42-39-48(44-62(56)67)45-37-40-51(41-38-45)68(63-35-13-10-28-57(63)59-32-17-22-47-21-16-30-53(65(47)59)46-19-5-3-6-20-46)52-26-15-23-49(43-52)54-31-18-33-60-58-29-11-14-36-64(58)69(66(54)60)50-24-7-4-8-25-50/h3-44H,1-2H3. The lowest BCUT2D eigenvalue weighted by Gasteiger charge is -2.29. The second-order valence-electron chi connectivity index (χ2n) is 18.8. The maximum atomic E-state index is 2.46. The van der Waals surface area contributed by atoms with Gasteiger partial charge in [0.05, 0.1) is 16.7 Å². The topological polar surface area (TPSA) is 8.17 Å². The number of para-hydroxylation sites is 4. The second kappa shape index (κ2) is 16.3. The molecule has 12 aromatic rings. The van der Waals surface area contributed by atoms with Gasteiger partial charge in [-0.25, -0.2) is 0 Å². The Bertz CT molecular complexity index is 3910. The van der Waals surface area contributed by atoms with E-state index in [-0.39, 0.29) is 5.41 Å². The lowest BCUT2D eigenvalue weighted by atomic mass is 9.81. The molecule has 0 bridgehead atoms. The first-order valence-electron chi connectivity index (χ1n) is 24.0. The van der Waals surface area contributed by atoms with Gasteiger partial charge in [-0.2, -0.15) is 0 Å². The number of fused-ring (bicyclic) bond motifs is 7. The number of aromatic nitrogens is 1. The third-order valence-electron chi connectivity index (χ3n) is 14.6. The van der Waals surface area contributed by atoms with Crippen molar-refractivity contribution in [2.24, 2.45) is 0 Å². The van der Waals surface area contributed by atoms with Crippen molar-refractivity contribution >= 4 is 49.6 Å². The van der Waals surface area contributed by atoms with E-state index in [4.69, 9.17) is 0 Å². The zero-order chi connectivity index (χ0) is 46.1. The minimum absolute atomic E-state index is 0.0742. The van der Waals surface area contributed by atoms with Crippen LogP contribution in [-0.2, 0) is 5.41 Å². The maximum Gasteiger partial charge on any atom is 0.0619 e. The largest absolute Gasteiger partial charge is 0.310 e. The molecule has 1 aliphatic rings. The Kier molecular flexibility index (Phi) is 9.55. The van der Waals surface area contributed by atoms with Crippen molar-refractivity contribution < 1.29 is 0 Å². The summed E-state index contributed by atoms with van der Waals surface area (Å²) in [5.74, 6) is 0. The highest BCUT2D eigenvalue weighted by molar-refractivity contribution is 6.14. The van der Waals surface area contributed by atoms with Gasteiger partial charge >= 0.3 is 0 Å². The second-order valence-corrected chi connectivity index (χ2v) is 18.8. The summed E-state index contributed by atoms with van der Waals surface area (Å²) in [5.41, 5.74) is 21.7. The van der Waals surface area contributed by atoms with Crippen LogP contribution in [0.4, 0.5) is 17.1 Å². The van der Waals surface area contributed by atoms with Crippen molar-refractivity contribution in [2.75, 3.05) is 4.90 Å². The summed E-state index contributed by atoms with van der Waals surface area (Å²) in [4.78, 5) is 2.46. The molecule has 11 aromatic carbocycles. The predicted octanol–water partition coefficient (Wildman–Crippen LogP) is 18.4. The zero-order valence-corrected chi connectivity index (χ0v) is 38.6. The molecule has 0 aliphatic heterocycles. The molecule has 0 fully saturated rings. The van der Waals surface area contributed by atoms with Crippen LogP contribution in [0.25, 0.3) is 93.9 Å². The molecule has 0 saturated carbocycles. The first-order chi connectivity index (χ1) is 34.0. The van der Waals surface area contributed by atoms with Crippen molar-refractivity contribution in [3.63, 3.8) is 0 Å². The summed E-state index contributed by atoms with van der Waals surface area (Å²) < 4.78 is 2.43. The van der Waals surface area contributed by atoms with Gasteiger partial charge < -0.3 is 9.47 Å². The number of anilines is 3. The Morgan fingerprint density at radius 3 is 1.77 bits per heavy atom. The Morgan fingerprint density at radius 1 is 0.348 bits per heavy atom. The van der Waals surface area contributed by atoms with E-state index in [9.17, 15) is 0 Å². The monoisotopic (exact) mass is 880 g/mol. The van der Waals surface area contributed by atoms with Crippen LogP contribution in [0.3, 0.4) is 0 Å². The molecule has 2 nitrogen and oxygen atoms in total. The van der Waals surface area contributed by atoms with Crippen LogP contribution in [0.15, 0.2) is 255 Å². The molecule has 0 unspecified atom stereocenters. The highest BCUT2D eigenvalue weighted by Crippen LogP contribution is 2.50. The van der Waals surface area contributed by atoms with Gasteiger partial charge in [-0.05, 0) is 121 Å². The van der Waals surface area contributed by atoms with E-state index in [2.05, 4.69) is 278 Å². The number of rotatable bonds is 8. The van der Waals surface area contributed by atoms with Crippen LogP contribution in [0.5, 0.6) is 0 Å². The third kappa shape index (κ3) is 6.63. The first-order valence-corrected chi connectivity index (χ1v) is 24.0. The first kappa shape index (κ1) is 40.5. The van der Waals surface area contributed by atoms with Crippen LogP contribution < -0.4 is 4.90 Å². The SMILES string of the molecule is CC1(C)c2ccccc2-c2ccc(-c3ccc(N(c4cccc(-c5cccc6c7ccccc7n(-c7ccccc7)c56)c4)c4ccccc4-c4cccc5cccc(-c6ccccc6)c45)cc3)cc21. The predicted molar refractivity (Wildman–Crippen MR) is 292 cm³/mol. The fourth-order valence-corrected chi connectivity index (χ4v) is 11.3. The summed E-state index contributed by atoms with van der Waals surface area (Å²) in [6.45, 7) is 4.71. The minimum Gasteiger partial charge on any atom is -0.310 e. The Labute approximate surface area is 403 Å².